The number of rotatable bonds is 6. The number of aromatic nitrogens is 5. The molecule has 1 aliphatic rings. The van der Waals surface area contributed by atoms with Gasteiger partial charge in [0.15, 0.2) is 17.6 Å². The summed E-state index contributed by atoms with van der Waals surface area (Å²) in [6.45, 7) is 0.103. The SMILES string of the molecule is CSc1nc(NC(=O)OC2CCC(F)(F)CC2)cc(OCc2ncn(C)n2)n1. The van der Waals surface area contributed by atoms with Gasteiger partial charge in [-0.2, -0.15) is 10.1 Å². The van der Waals surface area contributed by atoms with Crippen LogP contribution in [0.4, 0.5) is 19.4 Å². The molecule has 1 N–H and O–H groups in total. The molecule has 0 atom stereocenters. The first-order valence-electron chi connectivity index (χ1n) is 8.59. The molecule has 3 rings (SSSR count). The molecule has 12 heteroatoms. The normalized spacial score (nSPS) is 16.6. The van der Waals surface area contributed by atoms with Crippen molar-refractivity contribution in [1.82, 2.24) is 24.7 Å². The lowest BCUT2D eigenvalue weighted by molar-refractivity contribution is -0.0642. The first-order chi connectivity index (χ1) is 13.3. The van der Waals surface area contributed by atoms with E-state index in [2.05, 4.69) is 25.4 Å². The average Bonchev–Trinajstić information content (AvgIpc) is 3.07. The van der Waals surface area contributed by atoms with E-state index in [1.54, 1.807) is 24.3 Å². The quantitative estimate of drug-likeness (QED) is 0.568. The van der Waals surface area contributed by atoms with Gasteiger partial charge in [-0.25, -0.2) is 23.5 Å². The number of carbonyl (C=O) groups excluding carboxylic acids is 1. The lowest BCUT2D eigenvalue weighted by atomic mass is 9.94. The van der Waals surface area contributed by atoms with Gasteiger partial charge in [-0.05, 0) is 19.1 Å². The Balaban J connectivity index is 1.58. The monoisotopic (exact) mass is 414 g/mol. The van der Waals surface area contributed by atoms with Gasteiger partial charge < -0.3 is 9.47 Å². The van der Waals surface area contributed by atoms with Crippen LogP contribution in [0.3, 0.4) is 0 Å². The molecule has 28 heavy (non-hydrogen) atoms. The van der Waals surface area contributed by atoms with E-state index in [-0.39, 0.29) is 44.0 Å². The third-order valence-corrected chi connectivity index (χ3v) is 4.58. The molecule has 152 valence electrons. The van der Waals surface area contributed by atoms with Crippen molar-refractivity contribution < 1.29 is 23.0 Å². The van der Waals surface area contributed by atoms with Crippen molar-refractivity contribution in [3.63, 3.8) is 0 Å². The second-order valence-corrected chi connectivity index (χ2v) is 7.06. The lowest BCUT2D eigenvalue weighted by Crippen LogP contribution is -2.31. The second kappa shape index (κ2) is 8.67. The topological polar surface area (TPSA) is 104 Å². The van der Waals surface area contributed by atoms with Crippen molar-refractivity contribution in [3.05, 3.63) is 18.2 Å². The van der Waals surface area contributed by atoms with E-state index in [4.69, 9.17) is 9.47 Å². The summed E-state index contributed by atoms with van der Waals surface area (Å²) in [4.78, 5) is 24.5. The minimum absolute atomic E-state index is 0.103. The van der Waals surface area contributed by atoms with Gasteiger partial charge in [-0.15, -0.1) is 0 Å². The van der Waals surface area contributed by atoms with Crippen LogP contribution in [-0.2, 0) is 18.4 Å². The summed E-state index contributed by atoms with van der Waals surface area (Å²) in [5, 5.41) is 6.99. The molecule has 0 unspecified atom stereocenters. The predicted octanol–water partition coefficient (Wildman–Crippen LogP) is 3.03. The number of ether oxygens (including phenoxy) is 2. The molecule has 1 aliphatic carbocycles. The molecule has 1 fully saturated rings. The Bertz CT molecular complexity index is 824. The average molecular weight is 414 g/mol. The Morgan fingerprint density at radius 1 is 1.39 bits per heavy atom. The molecule has 9 nitrogen and oxygen atoms in total. The van der Waals surface area contributed by atoms with E-state index >= 15 is 0 Å². The highest BCUT2D eigenvalue weighted by Gasteiger charge is 2.36. The zero-order chi connectivity index (χ0) is 20.1. The molecular formula is C16H20F2N6O3S. The van der Waals surface area contributed by atoms with Crippen molar-refractivity contribution in [1.29, 1.82) is 0 Å². The number of hydrogen-bond donors (Lipinski definition) is 1. The third-order valence-electron chi connectivity index (χ3n) is 4.03. The maximum Gasteiger partial charge on any atom is 0.413 e. The van der Waals surface area contributed by atoms with Gasteiger partial charge in [0.2, 0.25) is 11.8 Å². The van der Waals surface area contributed by atoms with E-state index in [9.17, 15) is 13.6 Å². The van der Waals surface area contributed by atoms with Gasteiger partial charge in [-0.1, -0.05) is 11.8 Å². The number of hydrogen-bond acceptors (Lipinski definition) is 8. The highest BCUT2D eigenvalue weighted by Crippen LogP contribution is 2.34. The van der Waals surface area contributed by atoms with Gasteiger partial charge in [0.1, 0.15) is 18.2 Å². The van der Waals surface area contributed by atoms with Crippen LogP contribution < -0.4 is 10.1 Å². The van der Waals surface area contributed by atoms with E-state index < -0.39 is 18.1 Å². The van der Waals surface area contributed by atoms with Crippen LogP contribution in [0, 0.1) is 0 Å². The van der Waals surface area contributed by atoms with Gasteiger partial charge in [0.05, 0.1) is 0 Å². The Morgan fingerprint density at radius 2 is 2.14 bits per heavy atom. The minimum atomic E-state index is -2.68. The van der Waals surface area contributed by atoms with Crippen LogP contribution in [0.25, 0.3) is 0 Å². The number of amides is 1. The fraction of sp³-hybridized carbons (Fsp3) is 0.562. The first-order valence-corrected chi connectivity index (χ1v) is 9.81. The van der Waals surface area contributed by atoms with Gasteiger partial charge in [0, 0.05) is 26.0 Å². The number of thioether (sulfide) groups is 1. The molecule has 1 saturated carbocycles. The summed E-state index contributed by atoms with van der Waals surface area (Å²) in [5.41, 5.74) is 0. The van der Waals surface area contributed by atoms with E-state index in [0.717, 1.165) is 0 Å². The van der Waals surface area contributed by atoms with Gasteiger partial charge >= 0.3 is 6.09 Å². The van der Waals surface area contributed by atoms with Crippen LogP contribution in [0.5, 0.6) is 5.88 Å². The fourth-order valence-electron chi connectivity index (χ4n) is 2.64. The summed E-state index contributed by atoms with van der Waals surface area (Å²) < 4.78 is 38.7. The van der Waals surface area contributed by atoms with Crippen molar-refractivity contribution in [2.75, 3.05) is 11.6 Å². The zero-order valence-electron chi connectivity index (χ0n) is 15.4. The Hall–Kier alpha value is -2.50. The minimum Gasteiger partial charge on any atom is -0.469 e. The number of nitrogens with zero attached hydrogens (tertiary/aromatic N) is 5. The molecule has 0 saturated heterocycles. The summed E-state index contributed by atoms with van der Waals surface area (Å²) in [7, 11) is 1.74. The van der Waals surface area contributed by atoms with Crippen LogP contribution >= 0.6 is 11.8 Å². The predicted molar refractivity (Wildman–Crippen MR) is 96.5 cm³/mol. The molecule has 1 amide bonds. The first kappa shape index (κ1) is 20.2. The number of halogens is 2. The molecule has 0 spiro atoms. The van der Waals surface area contributed by atoms with E-state index in [0.29, 0.717) is 11.0 Å². The molecular weight excluding hydrogens is 394 g/mol. The number of aryl methyl sites for hydroxylation is 1. The van der Waals surface area contributed by atoms with Crippen LogP contribution in [-0.4, -0.2) is 49.1 Å². The molecule has 0 aliphatic heterocycles. The summed E-state index contributed by atoms with van der Waals surface area (Å²) in [6, 6.07) is 1.44. The molecule has 2 heterocycles. The fourth-order valence-corrected chi connectivity index (χ4v) is 3.01. The molecule has 0 bridgehead atoms. The van der Waals surface area contributed by atoms with E-state index in [1.165, 1.54) is 17.8 Å². The third kappa shape index (κ3) is 5.75. The summed E-state index contributed by atoms with van der Waals surface area (Å²) in [6.07, 6.45) is 1.74. The molecule has 0 radical (unpaired) electrons. The number of nitrogens with one attached hydrogen (secondary N) is 1. The maximum absolute atomic E-state index is 13.2. The smallest absolute Gasteiger partial charge is 0.413 e. The van der Waals surface area contributed by atoms with E-state index in [1.807, 2.05) is 0 Å². The Kier molecular flexibility index (Phi) is 6.27. The van der Waals surface area contributed by atoms with Crippen molar-refractivity contribution in [3.8, 4) is 5.88 Å². The molecule has 0 aromatic carbocycles. The molecule has 2 aromatic rings. The van der Waals surface area contributed by atoms with Crippen molar-refractivity contribution in [2.24, 2.45) is 7.05 Å². The van der Waals surface area contributed by atoms with Crippen molar-refractivity contribution in [2.45, 2.75) is 49.5 Å². The van der Waals surface area contributed by atoms with Gasteiger partial charge in [-0.3, -0.25) is 10.00 Å². The van der Waals surface area contributed by atoms with Crippen LogP contribution in [0.15, 0.2) is 17.6 Å². The van der Waals surface area contributed by atoms with Crippen molar-refractivity contribution >= 4 is 23.7 Å². The second-order valence-electron chi connectivity index (χ2n) is 6.29. The Labute approximate surface area is 164 Å². The largest absolute Gasteiger partial charge is 0.469 e. The number of carbonyl (C=O) groups is 1. The van der Waals surface area contributed by atoms with Crippen LogP contribution in [0.1, 0.15) is 31.5 Å². The summed E-state index contributed by atoms with van der Waals surface area (Å²) >= 11 is 1.27. The maximum atomic E-state index is 13.2. The standard InChI is InChI=1S/C16H20F2N6O3S/c1-24-9-19-12(23-24)8-26-13-7-11(20-14(22-13)28-2)21-15(25)27-10-3-5-16(17,18)6-4-10/h7,9-10H,3-6,8H2,1-2H3,(H,20,21,22,25). The number of alkyl halides is 2. The zero-order valence-corrected chi connectivity index (χ0v) is 16.2. The van der Waals surface area contributed by atoms with Crippen LogP contribution in [0.2, 0.25) is 0 Å². The number of anilines is 1. The highest BCUT2D eigenvalue weighted by molar-refractivity contribution is 7.98. The summed E-state index contributed by atoms with van der Waals surface area (Å²) in [5.74, 6) is -1.77. The Morgan fingerprint density at radius 3 is 2.79 bits per heavy atom. The van der Waals surface area contributed by atoms with Gasteiger partial charge in [0.25, 0.3) is 0 Å². The molecule has 2 aromatic heterocycles. The highest BCUT2D eigenvalue weighted by atomic mass is 32.2. The lowest BCUT2D eigenvalue weighted by Gasteiger charge is -2.27.